The fraction of sp³-hybridized carbons (Fsp3) is 0.235. The van der Waals surface area contributed by atoms with Crippen LogP contribution in [0.2, 0.25) is 0 Å². The second kappa shape index (κ2) is 7.33. The van der Waals surface area contributed by atoms with Crippen LogP contribution in [0, 0.1) is 0 Å². The molecule has 110 valence electrons. The van der Waals surface area contributed by atoms with Gasteiger partial charge in [-0.3, -0.25) is 4.79 Å². The maximum absolute atomic E-state index is 11.1. The van der Waals surface area contributed by atoms with Crippen molar-refractivity contribution in [3.05, 3.63) is 54.1 Å². The van der Waals surface area contributed by atoms with Crippen LogP contribution in [-0.2, 0) is 11.3 Å². The van der Waals surface area contributed by atoms with Gasteiger partial charge in [0.15, 0.2) is 0 Å². The Hall–Kier alpha value is -2.49. The van der Waals surface area contributed by atoms with Crippen LogP contribution in [0.1, 0.15) is 19.4 Å². The molecule has 4 nitrogen and oxygen atoms in total. The monoisotopic (exact) mass is 284 g/mol. The lowest BCUT2D eigenvalue weighted by molar-refractivity contribution is -0.114. The molecular weight excluding hydrogens is 264 g/mol. The van der Waals surface area contributed by atoms with Crippen LogP contribution < -0.4 is 15.4 Å². The van der Waals surface area contributed by atoms with E-state index in [0.717, 1.165) is 22.7 Å². The largest absolute Gasteiger partial charge is 0.494 e. The van der Waals surface area contributed by atoms with E-state index in [2.05, 4.69) is 10.6 Å². The first-order valence-corrected chi connectivity index (χ1v) is 7.01. The van der Waals surface area contributed by atoms with E-state index in [1.807, 2.05) is 55.5 Å². The van der Waals surface area contributed by atoms with Gasteiger partial charge in [0.25, 0.3) is 0 Å². The van der Waals surface area contributed by atoms with Crippen LogP contribution in [0.15, 0.2) is 48.5 Å². The van der Waals surface area contributed by atoms with E-state index in [-0.39, 0.29) is 5.91 Å². The number of hydrogen-bond donors (Lipinski definition) is 2. The van der Waals surface area contributed by atoms with E-state index < -0.39 is 0 Å². The number of carbonyl (C=O) groups is 1. The first kappa shape index (κ1) is 14.9. The van der Waals surface area contributed by atoms with Crippen molar-refractivity contribution in [3.8, 4) is 5.75 Å². The quantitative estimate of drug-likeness (QED) is 0.851. The molecule has 2 rings (SSSR count). The minimum absolute atomic E-state index is 0.0751. The lowest BCUT2D eigenvalue weighted by Gasteiger charge is -2.12. The lowest BCUT2D eigenvalue weighted by atomic mass is 10.2. The molecule has 0 radical (unpaired) electrons. The summed E-state index contributed by atoms with van der Waals surface area (Å²) in [5, 5.41) is 6.11. The van der Waals surface area contributed by atoms with Gasteiger partial charge in [0.05, 0.1) is 6.61 Å². The first-order valence-electron chi connectivity index (χ1n) is 7.01. The number of ether oxygens (including phenoxy) is 1. The predicted octanol–water partition coefficient (Wildman–Crippen LogP) is 3.66. The second-order valence-electron chi connectivity index (χ2n) is 4.66. The van der Waals surface area contributed by atoms with Crippen LogP contribution in [0.4, 0.5) is 11.4 Å². The molecule has 0 atom stereocenters. The van der Waals surface area contributed by atoms with E-state index >= 15 is 0 Å². The average molecular weight is 284 g/mol. The third kappa shape index (κ3) is 4.53. The molecule has 4 heteroatoms. The highest BCUT2D eigenvalue weighted by Gasteiger charge is 2.03. The number of anilines is 2. The molecule has 0 aliphatic rings. The molecule has 0 saturated carbocycles. The molecule has 0 heterocycles. The van der Waals surface area contributed by atoms with Crippen LogP contribution in [0.3, 0.4) is 0 Å². The van der Waals surface area contributed by atoms with Gasteiger partial charge in [-0.05, 0) is 31.2 Å². The normalized spacial score (nSPS) is 10.0. The van der Waals surface area contributed by atoms with Crippen molar-refractivity contribution >= 4 is 17.3 Å². The molecular formula is C17H20N2O2. The summed E-state index contributed by atoms with van der Waals surface area (Å²) in [5.41, 5.74) is 2.84. The van der Waals surface area contributed by atoms with Gasteiger partial charge in [-0.25, -0.2) is 0 Å². The zero-order valence-electron chi connectivity index (χ0n) is 12.3. The Morgan fingerprint density at radius 2 is 1.86 bits per heavy atom. The third-order valence-corrected chi connectivity index (χ3v) is 2.94. The molecule has 0 spiro atoms. The third-order valence-electron chi connectivity index (χ3n) is 2.94. The molecule has 0 fully saturated rings. The average Bonchev–Trinajstić information content (AvgIpc) is 2.46. The lowest BCUT2D eigenvalue weighted by Crippen LogP contribution is -2.07. The molecule has 0 bridgehead atoms. The van der Waals surface area contributed by atoms with E-state index in [9.17, 15) is 4.79 Å². The van der Waals surface area contributed by atoms with Gasteiger partial charge in [-0.1, -0.05) is 24.3 Å². The first-order chi connectivity index (χ1) is 10.2. The van der Waals surface area contributed by atoms with Gasteiger partial charge in [0.1, 0.15) is 5.75 Å². The molecule has 1 amide bonds. The second-order valence-corrected chi connectivity index (χ2v) is 4.66. The highest BCUT2D eigenvalue weighted by molar-refractivity contribution is 5.89. The summed E-state index contributed by atoms with van der Waals surface area (Å²) < 4.78 is 5.60. The number of hydrogen-bond acceptors (Lipinski definition) is 3. The van der Waals surface area contributed by atoms with Crippen molar-refractivity contribution in [1.29, 1.82) is 0 Å². The Morgan fingerprint density at radius 1 is 1.10 bits per heavy atom. The van der Waals surface area contributed by atoms with Crippen LogP contribution in [0.25, 0.3) is 0 Å². The summed E-state index contributed by atoms with van der Waals surface area (Å²) in [7, 11) is 0. The van der Waals surface area contributed by atoms with Crippen molar-refractivity contribution < 1.29 is 9.53 Å². The SMILES string of the molecule is CCOc1ccccc1CNc1cccc(NC(C)=O)c1. The molecule has 2 aromatic carbocycles. The van der Waals surface area contributed by atoms with Crippen molar-refractivity contribution in [2.75, 3.05) is 17.2 Å². The minimum atomic E-state index is -0.0751. The molecule has 0 saturated heterocycles. The molecule has 2 N–H and O–H groups in total. The van der Waals surface area contributed by atoms with Crippen molar-refractivity contribution in [3.63, 3.8) is 0 Å². The van der Waals surface area contributed by atoms with Gasteiger partial charge in [0.2, 0.25) is 5.91 Å². The minimum Gasteiger partial charge on any atom is -0.494 e. The van der Waals surface area contributed by atoms with Crippen molar-refractivity contribution in [2.45, 2.75) is 20.4 Å². The maximum Gasteiger partial charge on any atom is 0.221 e. The molecule has 0 aliphatic carbocycles. The fourth-order valence-electron chi connectivity index (χ4n) is 2.05. The number of benzene rings is 2. The molecule has 21 heavy (non-hydrogen) atoms. The summed E-state index contributed by atoms with van der Waals surface area (Å²) in [6.45, 7) is 4.79. The van der Waals surface area contributed by atoms with Gasteiger partial charge in [-0.2, -0.15) is 0 Å². The van der Waals surface area contributed by atoms with Crippen LogP contribution in [-0.4, -0.2) is 12.5 Å². The summed E-state index contributed by atoms with van der Waals surface area (Å²) in [6.07, 6.45) is 0. The topological polar surface area (TPSA) is 50.4 Å². The van der Waals surface area contributed by atoms with Crippen molar-refractivity contribution in [1.82, 2.24) is 0 Å². The van der Waals surface area contributed by atoms with E-state index in [4.69, 9.17) is 4.74 Å². The Labute approximate surface area is 125 Å². The molecule has 0 aliphatic heterocycles. The van der Waals surface area contributed by atoms with E-state index in [0.29, 0.717) is 13.2 Å². The van der Waals surface area contributed by atoms with Crippen molar-refractivity contribution in [2.24, 2.45) is 0 Å². The molecule has 2 aromatic rings. The predicted molar refractivity (Wildman–Crippen MR) is 85.7 cm³/mol. The maximum atomic E-state index is 11.1. The zero-order valence-corrected chi connectivity index (χ0v) is 12.3. The van der Waals surface area contributed by atoms with Crippen LogP contribution in [0.5, 0.6) is 5.75 Å². The number of para-hydroxylation sites is 1. The standard InChI is InChI=1S/C17H20N2O2/c1-3-21-17-10-5-4-7-14(17)12-18-15-8-6-9-16(11-15)19-13(2)20/h4-11,18H,3,12H2,1-2H3,(H,19,20). The summed E-state index contributed by atoms with van der Waals surface area (Å²) in [5.74, 6) is 0.819. The smallest absolute Gasteiger partial charge is 0.221 e. The van der Waals surface area contributed by atoms with E-state index in [1.165, 1.54) is 6.92 Å². The van der Waals surface area contributed by atoms with Gasteiger partial charge in [0, 0.05) is 30.4 Å². The highest BCUT2D eigenvalue weighted by Crippen LogP contribution is 2.21. The van der Waals surface area contributed by atoms with Gasteiger partial charge >= 0.3 is 0 Å². The van der Waals surface area contributed by atoms with Gasteiger partial charge < -0.3 is 15.4 Å². The molecule has 0 unspecified atom stereocenters. The molecule has 0 aromatic heterocycles. The number of rotatable bonds is 6. The fourth-order valence-corrected chi connectivity index (χ4v) is 2.05. The summed E-state index contributed by atoms with van der Waals surface area (Å²) in [4.78, 5) is 11.1. The summed E-state index contributed by atoms with van der Waals surface area (Å²) in [6, 6.07) is 15.6. The Kier molecular flexibility index (Phi) is 5.21. The highest BCUT2D eigenvalue weighted by atomic mass is 16.5. The van der Waals surface area contributed by atoms with Gasteiger partial charge in [-0.15, -0.1) is 0 Å². The van der Waals surface area contributed by atoms with Crippen LogP contribution >= 0.6 is 0 Å². The number of nitrogens with one attached hydrogen (secondary N) is 2. The number of carbonyl (C=O) groups excluding carboxylic acids is 1. The zero-order chi connectivity index (χ0) is 15.1. The Morgan fingerprint density at radius 3 is 2.62 bits per heavy atom. The van der Waals surface area contributed by atoms with E-state index in [1.54, 1.807) is 0 Å². The Balaban J connectivity index is 2.04. The Bertz CT molecular complexity index is 611. The number of amides is 1. The summed E-state index contributed by atoms with van der Waals surface area (Å²) >= 11 is 0.